The minimum absolute atomic E-state index is 0.0562. The highest BCUT2D eigenvalue weighted by Crippen LogP contribution is 2.20. The number of carbonyl (C=O) groups excluding carboxylic acids is 2. The molecule has 0 radical (unpaired) electrons. The van der Waals surface area contributed by atoms with Gasteiger partial charge in [-0.25, -0.2) is 4.39 Å². The molecule has 0 aliphatic carbocycles. The second-order valence-corrected chi connectivity index (χ2v) is 5.57. The van der Waals surface area contributed by atoms with E-state index in [2.05, 4.69) is 0 Å². The number of Topliss-reactive ketones (excluding diaryl/α,β-unsaturated/α-hetero) is 1. The number of aryl methyl sites for hydroxylation is 1. The van der Waals surface area contributed by atoms with Crippen molar-refractivity contribution in [2.45, 2.75) is 39.0 Å². The van der Waals surface area contributed by atoms with Crippen LogP contribution >= 0.6 is 0 Å². The molecule has 0 unspecified atom stereocenters. The van der Waals surface area contributed by atoms with Crippen molar-refractivity contribution in [1.82, 2.24) is 4.90 Å². The van der Waals surface area contributed by atoms with E-state index in [-0.39, 0.29) is 17.6 Å². The third kappa shape index (κ3) is 4.13. The number of ketones is 1. The normalized spacial score (nSPS) is 16.0. The third-order valence-electron chi connectivity index (χ3n) is 4.22. The molecule has 1 saturated heterocycles. The van der Waals surface area contributed by atoms with Crippen molar-refractivity contribution in [3.63, 3.8) is 0 Å². The third-order valence-corrected chi connectivity index (χ3v) is 4.22. The van der Waals surface area contributed by atoms with Gasteiger partial charge in [-0.3, -0.25) is 9.59 Å². The number of nitrogens with zero attached hydrogens (tertiary/aromatic N) is 1. The van der Waals surface area contributed by atoms with E-state index in [1.54, 1.807) is 23.1 Å². The Kier molecular flexibility index (Phi) is 5.48. The first kappa shape index (κ1) is 15.7. The van der Waals surface area contributed by atoms with Crippen molar-refractivity contribution < 1.29 is 14.0 Å². The standard InChI is InChI=1S/C17H22FNO2/c1-2-16(20)14-9-11-19(12-10-14)17(21)8-7-13-5-3-4-6-15(13)18/h3-6,14H,2,7-12H2,1H3. The lowest BCUT2D eigenvalue weighted by molar-refractivity contribution is -0.135. The molecule has 4 heteroatoms. The fourth-order valence-electron chi connectivity index (χ4n) is 2.84. The molecule has 1 amide bonds. The number of hydrogen-bond acceptors (Lipinski definition) is 2. The predicted molar refractivity (Wildman–Crippen MR) is 79.3 cm³/mol. The van der Waals surface area contributed by atoms with Gasteiger partial charge >= 0.3 is 0 Å². The number of halogens is 1. The fraction of sp³-hybridized carbons (Fsp3) is 0.529. The molecule has 1 aromatic rings. The Morgan fingerprint density at radius 1 is 1.24 bits per heavy atom. The molecular formula is C17H22FNO2. The average Bonchev–Trinajstić information content (AvgIpc) is 2.53. The van der Waals surface area contributed by atoms with Crippen LogP contribution in [0.2, 0.25) is 0 Å². The van der Waals surface area contributed by atoms with E-state index in [9.17, 15) is 14.0 Å². The largest absolute Gasteiger partial charge is 0.343 e. The molecule has 1 fully saturated rings. The molecular weight excluding hydrogens is 269 g/mol. The maximum Gasteiger partial charge on any atom is 0.222 e. The number of benzene rings is 1. The topological polar surface area (TPSA) is 37.4 Å². The Bertz CT molecular complexity index is 507. The number of likely N-dealkylation sites (tertiary alicyclic amines) is 1. The van der Waals surface area contributed by atoms with Crippen LogP contribution in [0.4, 0.5) is 4.39 Å². The Morgan fingerprint density at radius 2 is 1.90 bits per heavy atom. The molecule has 0 N–H and O–H groups in total. The summed E-state index contributed by atoms with van der Waals surface area (Å²) in [5, 5.41) is 0. The van der Waals surface area contributed by atoms with Gasteiger partial charge in [-0.2, -0.15) is 0 Å². The summed E-state index contributed by atoms with van der Waals surface area (Å²) in [7, 11) is 0. The van der Waals surface area contributed by atoms with Crippen molar-refractivity contribution in [3.8, 4) is 0 Å². The van der Waals surface area contributed by atoms with E-state index in [0.29, 0.717) is 43.7 Å². The molecule has 3 nitrogen and oxygen atoms in total. The van der Waals surface area contributed by atoms with Crippen LogP contribution in [0.15, 0.2) is 24.3 Å². The lowest BCUT2D eigenvalue weighted by atomic mass is 9.91. The zero-order valence-corrected chi connectivity index (χ0v) is 12.5. The lowest BCUT2D eigenvalue weighted by Gasteiger charge is -2.31. The molecule has 21 heavy (non-hydrogen) atoms. The van der Waals surface area contributed by atoms with Crippen LogP contribution < -0.4 is 0 Å². The molecule has 0 saturated carbocycles. The van der Waals surface area contributed by atoms with Gasteiger partial charge in [0.1, 0.15) is 11.6 Å². The van der Waals surface area contributed by atoms with Crippen LogP contribution in [-0.4, -0.2) is 29.7 Å². The van der Waals surface area contributed by atoms with E-state index >= 15 is 0 Å². The maximum atomic E-state index is 13.5. The monoisotopic (exact) mass is 291 g/mol. The highest BCUT2D eigenvalue weighted by molar-refractivity contribution is 5.81. The maximum absolute atomic E-state index is 13.5. The van der Waals surface area contributed by atoms with E-state index in [4.69, 9.17) is 0 Å². The first-order chi connectivity index (χ1) is 10.1. The summed E-state index contributed by atoms with van der Waals surface area (Å²) >= 11 is 0. The SMILES string of the molecule is CCC(=O)C1CCN(C(=O)CCc2ccccc2F)CC1. The summed E-state index contributed by atoms with van der Waals surface area (Å²) in [6.07, 6.45) is 2.86. The van der Waals surface area contributed by atoms with Crippen LogP contribution in [0.3, 0.4) is 0 Å². The molecule has 114 valence electrons. The summed E-state index contributed by atoms with van der Waals surface area (Å²) < 4.78 is 13.5. The van der Waals surface area contributed by atoms with Crippen molar-refractivity contribution in [2.75, 3.05) is 13.1 Å². The molecule has 0 bridgehead atoms. The Hall–Kier alpha value is -1.71. The summed E-state index contributed by atoms with van der Waals surface area (Å²) in [6.45, 7) is 3.17. The zero-order valence-electron chi connectivity index (χ0n) is 12.5. The number of rotatable bonds is 5. The summed E-state index contributed by atoms with van der Waals surface area (Å²) in [4.78, 5) is 25.6. The Labute approximate surface area is 125 Å². The van der Waals surface area contributed by atoms with Gasteiger partial charge in [0.05, 0.1) is 0 Å². The van der Waals surface area contributed by atoms with Gasteiger partial charge in [0.2, 0.25) is 5.91 Å². The average molecular weight is 291 g/mol. The van der Waals surface area contributed by atoms with Crippen LogP contribution in [-0.2, 0) is 16.0 Å². The Morgan fingerprint density at radius 3 is 2.52 bits per heavy atom. The van der Waals surface area contributed by atoms with Crippen molar-refractivity contribution in [2.24, 2.45) is 5.92 Å². The highest BCUT2D eigenvalue weighted by atomic mass is 19.1. The minimum Gasteiger partial charge on any atom is -0.343 e. The van der Waals surface area contributed by atoms with E-state index in [1.807, 2.05) is 6.92 Å². The first-order valence-electron chi connectivity index (χ1n) is 7.65. The number of piperidine rings is 1. The number of hydrogen-bond donors (Lipinski definition) is 0. The fourth-order valence-corrected chi connectivity index (χ4v) is 2.84. The molecule has 1 aromatic carbocycles. The second-order valence-electron chi connectivity index (χ2n) is 5.57. The van der Waals surface area contributed by atoms with Crippen molar-refractivity contribution in [1.29, 1.82) is 0 Å². The Balaban J connectivity index is 1.80. The van der Waals surface area contributed by atoms with Crippen molar-refractivity contribution >= 4 is 11.7 Å². The molecule has 0 atom stereocenters. The molecule has 1 aliphatic rings. The molecule has 0 aromatic heterocycles. The van der Waals surface area contributed by atoms with Crippen LogP contribution in [0.1, 0.15) is 38.2 Å². The zero-order chi connectivity index (χ0) is 15.2. The summed E-state index contributed by atoms with van der Waals surface area (Å²) in [5.74, 6) is 0.220. The first-order valence-corrected chi connectivity index (χ1v) is 7.65. The van der Waals surface area contributed by atoms with E-state index < -0.39 is 0 Å². The van der Waals surface area contributed by atoms with Gasteiger partial charge in [0, 0.05) is 31.8 Å². The van der Waals surface area contributed by atoms with E-state index in [0.717, 1.165) is 12.8 Å². The van der Waals surface area contributed by atoms with Gasteiger partial charge in [0.25, 0.3) is 0 Å². The van der Waals surface area contributed by atoms with Gasteiger partial charge < -0.3 is 4.90 Å². The van der Waals surface area contributed by atoms with Gasteiger partial charge in [-0.15, -0.1) is 0 Å². The lowest BCUT2D eigenvalue weighted by Crippen LogP contribution is -2.40. The van der Waals surface area contributed by atoms with Gasteiger partial charge in [-0.1, -0.05) is 25.1 Å². The summed E-state index contributed by atoms with van der Waals surface area (Å²) in [5.41, 5.74) is 0.585. The quantitative estimate of drug-likeness (QED) is 0.836. The second kappa shape index (κ2) is 7.34. The highest BCUT2D eigenvalue weighted by Gasteiger charge is 2.26. The molecule has 1 heterocycles. The van der Waals surface area contributed by atoms with Crippen LogP contribution in [0, 0.1) is 11.7 Å². The number of carbonyl (C=O) groups is 2. The molecule has 1 aliphatic heterocycles. The van der Waals surface area contributed by atoms with Gasteiger partial charge in [0.15, 0.2) is 0 Å². The minimum atomic E-state index is -0.252. The number of amides is 1. The molecule has 0 spiro atoms. The van der Waals surface area contributed by atoms with Gasteiger partial charge in [-0.05, 0) is 30.9 Å². The van der Waals surface area contributed by atoms with Crippen molar-refractivity contribution in [3.05, 3.63) is 35.6 Å². The smallest absolute Gasteiger partial charge is 0.222 e. The van der Waals surface area contributed by atoms with E-state index in [1.165, 1.54) is 6.07 Å². The van der Waals surface area contributed by atoms with Crippen LogP contribution in [0.5, 0.6) is 0 Å². The molecule has 2 rings (SSSR count). The predicted octanol–water partition coefficient (Wildman–Crippen LogP) is 2.98. The van der Waals surface area contributed by atoms with Crippen LogP contribution in [0.25, 0.3) is 0 Å². The summed E-state index contributed by atoms with van der Waals surface area (Å²) in [6, 6.07) is 6.57.